The number of halogens is 4. The van der Waals surface area contributed by atoms with Crippen LogP contribution in [0.25, 0.3) is 10.3 Å². The van der Waals surface area contributed by atoms with Gasteiger partial charge in [-0.15, -0.1) is 0 Å². The normalized spacial score (nSPS) is 16.8. The van der Waals surface area contributed by atoms with Crippen molar-refractivity contribution in [2.75, 3.05) is 41.7 Å². The van der Waals surface area contributed by atoms with E-state index in [9.17, 15) is 23.1 Å². The molecule has 2 aliphatic rings. The number of aromatic hydroxyl groups is 1. The third-order valence-corrected chi connectivity index (χ3v) is 9.21. The lowest BCUT2D eigenvalue weighted by Crippen LogP contribution is -2.47. The van der Waals surface area contributed by atoms with Gasteiger partial charge >= 0.3 is 12.2 Å². The van der Waals surface area contributed by atoms with Gasteiger partial charge in [0.2, 0.25) is 0 Å². The van der Waals surface area contributed by atoms with Crippen LogP contribution in [-0.4, -0.2) is 52.2 Å². The summed E-state index contributed by atoms with van der Waals surface area (Å²) in [6.45, 7) is 8.79. The minimum absolute atomic E-state index is 0.0552. The van der Waals surface area contributed by atoms with Crippen molar-refractivity contribution in [3.05, 3.63) is 64.8 Å². The van der Waals surface area contributed by atoms with Gasteiger partial charge in [0.05, 0.1) is 22.6 Å². The van der Waals surface area contributed by atoms with Crippen LogP contribution in [0.4, 0.5) is 40.2 Å². The fraction of sp³-hybridized carbons (Fsp3) is 0.387. The minimum atomic E-state index is -4.60. The van der Waals surface area contributed by atoms with Crippen LogP contribution in [0.1, 0.15) is 44.7 Å². The molecule has 1 fully saturated rings. The summed E-state index contributed by atoms with van der Waals surface area (Å²) in [5.74, 6) is -0.234. The second-order valence-corrected chi connectivity index (χ2v) is 14.0. The van der Waals surface area contributed by atoms with Crippen molar-refractivity contribution in [2.24, 2.45) is 5.41 Å². The van der Waals surface area contributed by atoms with E-state index >= 15 is 0 Å². The van der Waals surface area contributed by atoms with Crippen LogP contribution in [0.2, 0.25) is 5.15 Å². The molecule has 2 amide bonds. The van der Waals surface area contributed by atoms with Crippen molar-refractivity contribution in [3.8, 4) is 5.75 Å². The van der Waals surface area contributed by atoms with Crippen LogP contribution < -0.4 is 15.5 Å². The molecule has 13 heteroatoms. The van der Waals surface area contributed by atoms with E-state index in [0.717, 1.165) is 30.0 Å². The van der Waals surface area contributed by atoms with Gasteiger partial charge in [0.15, 0.2) is 5.13 Å². The van der Waals surface area contributed by atoms with E-state index in [1.165, 1.54) is 0 Å². The maximum absolute atomic E-state index is 14.5. The number of hydrogen-bond donors (Lipinski definition) is 3. The fourth-order valence-electron chi connectivity index (χ4n) is 6.42. The molecule has 3 N–H and O–H groups in total. The second kappa shape index (κ2) is 11.1. The summed E-state index contributed by atoms with van der Waals surface area (Å²) in [6, 6.07) is 11.7. The Balaban J connectivity index is 1.33. The van der Waals surface area contributed by atoms with Gasteiger partial charge in [-0.05, 0) is 73.3 Å². The van der Waals surface area contributed by atoms with Gasteiger partial charge < -0.3 is 20.2 Å². The number of fused-ring (bicyclic) bond motifs is 3. The number of anilines is 4. The van der Waals surface area contributed by atoms with Crippen molar-refractivity contribution in [3.63, 3.8) is 0 Å². The Hall–Kier alpha value is -3.61. The number of rotatable bonds is 4. The van der Waals surface area contributed by atoms with E-state index in [1.54, 1.807) is 41.3 Å². The molecule has 2 aromatic heterocycles. The first kappa shape index (κ1) is 30.4. The number of amides is 2. The fourth-order valence-corrected chi connectivity index (χ4v) is 7.46. The molecule has 0 bridgehead atoms. The average Bonchev–Trinajstić information content (AvgIpc) is 3.48. The zero-order valence-electron chi connectivity index (χ0n) is 24.4. The number of hydrogen-bond acceptors (Lipinski definition) is 7. The minimum Gasteiger partial charge on any atom is -0.506 e. The number of benzene rings is 2. The number of alkyl halides is 3. The Labute approximate surface area is 261 Å². The molecule has 2 aromatic carbocycles. The van der Waals surface area contributed by atoms with Crippen LogP contribution in [0.5, 0.6) is 5.75 Å². The summed E-state index contributed by atoms with van der Waals surface area (Å²) in [5.41, 5.74) is 0.177. The highest BCUT2D eigenvalue weighted by Crippen LogP contribution is 2.57. The maximum atomic E-state index is 14.5. The number of carbonyl (C=O) groups excluding carboxylic acids is 1. The summed E-state index contributed by atoms with van der Waals surface area (Å²) in [6.07, 6.45) is -3.59. The highest BCUT2D eigenvalue weighted by molar-refractivity contribution is 7.22. The monoisotopic (exact) mass is 644 g/mol. The number of phenolic OH excluding ortho intramolecular Hbond substituents is 1. The van der Waals surface area contributed by atoms with Crippen molar-refractivity contribution in [1.82, 2.24) is 14.9 Å². The largest absolute Gasteiger partial charge is 0.506 e. The lowest BCUT2D eigenvalue weighted by Gasteiger charge is -2.42. The molecule has 0 saturated carbocycles. The molecule has 0 unspecified atom stereocenters. The van der Waals surface area contributed by atoms with E-state index in [2.05, 4.69) is 46.3 Å². The van der Waals surface area contributed by atoms with Crippen LogP contribution in [0.3, 0.4) is 0 Å². The van der Waals surface area contributed by atoms with Gasteiger partial charge in [-0.3, -0.25) is 5.32 Å². The predicted octanol–water partition coefficient (Wildman–Crippen LogP) is 8.24. The average molecular weight is 645 g/mol. The Kier molecular flexibility index (Phi) is 7.66. The Morgan fingerprint density at radius 2 is 1.77 bits per heavy atom. The van der Waals surface area contributed by atoms with E-state index in [4.69, 9.17) is 11.6 Å². The summed E-state index contributed by atoms with van der Waals surface area (Å²) in [4.78, 5) is 26.3. The van der Waals surface area contributed by atoms with Gasteiger partial charge in [-0.1, -0.05) is 55.8 Å². The zero-order valence-corrected chi connectivity index (χ0v) is 26.0. The van der Waals surface area contributed by atoms with Crippen LogP contribution in [-0.2, 0) is 11.6 Å². The quantitative estimate of drug-likeness (QED) is 0.194. The lowest BCUT2D eigenvalue weighted by atomic mass is 9.72. The summed E-state index contributed by atoms with van der Waals surface area (Å²) < 4.78 is 43.5. The summed E-state index contributed by atoms with van der Waals surface area (Å²) in [5, 5.41) is 17.2. The van der Waals surface area contributed by atoms with E-state index in [1.807, 2.05) is 0 Å². The van der Waals surface area contributed by atoms with Crippen molar-refractivity contribution in [1.29, 1.82) is 0 Å². The first-order valence-corrected chi connectivity index (χ1v) is 15.5. The number of carbonyl (C=O) groups is 1. The van der Waals surface area contributed by atoms with Crippen LogP contribution >= 0.6 is 22.9 Å². The molecule has 0 aliphatic carbocycles. The zero-order chi connectivity index (χ0) is 31.4. The number of urea groups is 1. The molecule has 2 aliphatic heterocycles. The first-order chi connectivity index (χ1) is 20.7. The molecule has 232 valence electrons. The summed E-state index contributed by atoms with van der Waals surface area (Å²) >= 11 is 7.13. The van der Waals surface area contributed by atoms with Gasteiger partial charge in [0, 0.05) is 18.5 Å². The van der Waals surface area contributed by atoms with Gasteiger partial charge in [-0.25, -0.2) is 14.8 Å². The number of aromatic nitrogens is 2. The van der Waals surface area contributed by atoms with E-state index in [-0.39, 0.29) is 29.0 Å². The first-order valence-electron chi connectivity index (χ1n) is 14.3. The summed E-state index contributed by atoms with van der Waals surface area (Å²) in [7, 11) is 0. The predicted molar refractivity (Wildman–Crippen MR) is 168 cm³/mol. The number of pyridine rings is 1. The number of nitrogens with one attached hydrogen (secondary N) is 2. The van der Waals surface area contributed by atoms with Gasteiger partial charge in [0.25, 0.3) is 0 Å². The second-order valence-electron chi connectivity index (χ2n) is 12.6. The van der Waals surface area contributed by atoms with Gasteiger partial charge in [0.1, 0.15) is 21.2 Å². The topological polar surface area (TPSA) is 93.6 Å². The third kappa shape index (κ3) is 5.90. The molecule has 1 saturated heterocycles. The molecule has 1 spiro atoms. The molecule has 0 radical (unpaired) electrons. The van der Waals surface area contributed by atoms with Crippen LogP contribution in [0.15, 0.2) is 48.5 Å². The number of nitrogens with zero attached hydrogens (tertiary/aromatic N) is 4. The molecule has 6 rings (SSSR count). The smallest absolute Gasteiger partial charge is 0.416 e. The van der Waals surface area contributed by atoms with Crippen molar-refractivity contribution in [2.45, 2.75) is 45.2 Å². The third-order valence-electron chi connectivity index (χ3n) is 8.12. The molecule has 8 nitrogen and oxygen atoms in total. The SMILES string of the molecule is CC(C)(C)CN1CCC2(CC1)CN(c1ccccc1NC(=O)Nc1nc3ccc(Cl)nc3s1)c1c(O)ccc(C(F)(F)F)c12. The van der Waals surface area contributed by atoms with Crippen molar-refractivity contribution < 1.29 is 23.1 Å². The number of piperidine rings is 1. The lowest BCUT2D eigenvalue weighted by molar-refractivity contribution is -0.138. The van der Waals surface area contributed by atoms with Crippen molar-refractivity contribution >= 4 is 61.5 Å². The molecule has 0 atom stereocenters. The highest BCUT2D eigenvalue weighted by atomic mass is 35.5. The number of likely N-dealkylation sites (tertiary alicyclic amines) is 1. The van der Waals surface area contributed by atoms with E-state index < -0.39 is 23.2 Å². The molecule has 4 heterocycles. The Morgan fingerprint density at radius 3 is 2.48 bits per heavy atom. The van der Waals surface area contributed by atoms with Gasteiger partial charge in [-0.2, -0.15) is 13.2 Å². The molecule has 4 aromatic rings. The number of thiazole rings is 1. The molecular weight excluding hydrogens is 613 g/mol. The Bertz CT molecular complexity index is 1730. The van der Waals surface area contributed by atoms with Crippen LogP contribution in [0, 0.1) is 5.41 Å². The number of para-hydroxylation sites is 2. The standard InChI is InChI=1S/C31H32ClF3N6O2S/c1-29(2,3)16-40-14-12-30(13-15-40)17-41(25-22(42)10-8-18(24(25)30)31(33,34)35)21-7-5-4-6-19(21)36-27(43)39-28-37-20-9-11-23(32)38-26(20)44-28/h4-11,42H,12-17H2,1-3H3,(H2,36,37,39,43). The number of phenols is 1. The molecular formula is C31H32ClF3N6O2S. The Morgan fingerprint density at radius 1 is 1.05 bits per heavy atom. The maximum Gasteiger partial charge on any atom is 0.416 e. The highest BCUT2D eigenvalue weighted by Gasteiger charge is 2.52. The van der Waals surface area contributed by atoms with E-state index in [0.29, 0.717) is 57.9 Å². The molecule has 44 heavy (non-hydrogen) atoms.